The third-order valence-corrected chi connectivity index (χ3v) is 4.84. The average Bonchev–Trinajstić information content (AvgIpc) is 2.70. The predicted octanol–water partition coefficient (Wildman–Crippen LogP) is 3.76. The lowest BCUT2D eigenvalue weighted by molar-refractivity contribution is -0.142. The molecule has 0 saturated heterocycles. The Bertz CT molecular complexity index is 837. The maximum absolute atomic E-state index is 13.2. The van der Waals surface area contributed by atoms with Crippen molar-refractivity contribution < 1.29 is 18.7 Å². The highest BCUT2D eigenvalue weighted by Gasteiger charge is 2.28. The number of halogens is 1. The minimum Gasteiger partial charge on any atom is -0.484 e. The number of aryl methyl sites for hydroxylation is 2. The van der Waals surface area contributed by atoms with Gasteiger partial charge in [0.05, 0.1) is 0 Å². The fourth-order valence-corrected chi connectivity index (χ4v) is 3.03. The second-order valence-electron chi connectivity index (χ2n) is 7.00. The number of amides is 2. The van der Waals surface area contributed by atoms with Crippen molar-refractivity contribution in [1.82, 2.24) is 10.2 Å². The summed E-state index contributed by atoms with van der Waals surface area (Å²) < 4.78 is 18.9. The van der Waals surface area contributed by atoms with Crippen LogP contribution < -0.4 is 10.1 Å². The van der Waals surface area contributed by atoms with Crippen LogP contribution >= 0.6 is 0 Å². The van der Waals surface area contributed by atoms with Gasteiger partial charge in [0.2, 0.25) is 5.91 Å². The molecule has 0 spiro atoms. The summed E-state index contributed by atoms with van der Waals surface area (Å²) in [5.41, 5.74) is 2.96. The van der Waals surface area contributed by atoms with Crippen LogP contribution in [-0.4, -0.2) is 35.9 Å². The van der Waals surface area contributed by atoms with Crippen LogP contribution in [0.4, 0.5) is 4.39 Å². The van der Waals surface area contributed by atoms with E-state index in [2.05, 4.69) is 5.32 Å². The lowest BCUT2D eigenvalue weighted by Gasteiger charge is -2.30. The van der Waals surface area contributed by atoms with Crippen molar-refractivity contribution >= 4 is 11.8 Å². The fraction of sp³-hybridized carbons (Fsp3) is 0.391. The molecule has 0 aliphatic rings. The number of hydrogen-bond acceptors (Lipinski definition) is 3. The van der Waals surface area contributed by atoms with Gasteiger partial charge >= 0.3 is 0 Å². The van der Waals surface area contributed by atoms with E-state index in [9.17, 15) is 14.0 Å². The first-order valence-electron chi connectivity index (χ1n) is 9.87. The molecule has 5 nitrogen and oxygen atoms in total. The Morgan fingerprint density at radius 1 is 1.07 bits per heavy atom. The summed E-state index contributed by atoms with van der Waals surface area (Å²) >= 11 is 0. The third-order valence-electron chi connectivity index (χ3n) is 4.84. The highest BCUT2D eigenvalue weighted by Crippen LogP contribution is 2.18. The molecule has 2 amide bonds. The largest absolute Gasteiger partial charge is 0.484 e. The van der Waals surface area contributed by atoms with Crippen LogP contribution in [0.2, 0.25) is 0 Å². The quantitative estimate of drug-likeness (QED) is 0.697. The van der Waals surface area contributed by atoms with Crippen LogP contribution in [0.15, 0.2) is 42.5 Å². The van der Waals surface area contributed by atoms with Crippen molar-refractivity contribution in [2.45, 2.75) is 46.7 Å². The average molecular weight is 400 g/mol. The van der Waals surface area contributed by atoms with E-state index in [1.54, 1.807) is 12.1 Å². The first-order chi connectivity index (χ1) is 13.8. The van der Waals surface area contributed by atoms with Crippen molar-refractivity contribution in [2.24, 2.45) is 0 Å². The number of likely N-dealkylation sites (N-methyl/N-ethyl adjacent to an activating group) is 1. The molecule has 156 valence electrons. The third kappa shape index (κ3) is 6.31. The molecule has 1 atom stereocenters. The first kappa shape index (κ1) is 22.4. The molecule has 0 saturated carbocycles. The highest BCUT2D eigenvalue weighted by molar-refractivity contribution is 5.88. The van der Waals surface area contributed by atoms with Crippen LogP contribution in [0.25, 0.3) is 0 Å². The molecule has 29 heavy (non-hydrogen) atoms. The van der Waals surface area contributed by atoms with E-state index in [-0.39, 0.29) is 30.8 Å². The van der Waals surface area contributed by atoms with Crippen LogP contribution in [0.3, 0.4) is 0 Å². The molecule has 0 heterocycles. The predicted molar refractivity (Wildman–Crippen MR) is 111 cm³/mol. The van der Waals surface area contributed by atoms with E-state index in [4.69, 9.17) is 4.74 Å². The SMILES string of the molecule is CCNC(=O)C(CC)N(Cc1ccc(F)cc1)C(=O)COc1ccc(C)c(C)c1. The first-order valence-corrected chi connectivity index (χ1v) is 9.87. The number of benzene rings is 2. The molecular formula is C23H29FN2O3. The van der Waals surface area contributed by atoms with Gasteiger partial charge in [0.25, 0.3) is 5.91 Å². The van der Waals surface area contributed by atoms with Crippen LogP contribution in [0, 0.1) is 19.7 Å². The van der Waals surface area contributed by atoms with E-state index in [1.165, 1.54) is 17.0 Å². The Hall–Kier alpha value is -2.89. The molecule has 2 rings (SSSR count). The molecular weight excluding hydrogens is 371 g/mol. The van der Waals surface area contributed by atoms with Crippen LogP contribution in [0.1, 0.15) is 37.0 Å². The number of nitrogens with one attached hydrogen (secondary N) is 1. The van der Waals surface area contributed by atoms with Crippen molar-refractivity contribution in [1.29, 1.82) is 0 Å². The summed E-state index contributed by atoms with van der Waals surface area (Å²) in [5.74, 6) is -0.253. The van der Waals surface area contributed by atoms with Crippen LogP contribution in [-0.2, 0) is 16.1 Å². The summed E-state index contributed by atoms with van der Waals surface area (Å²) in [5, 5.41) is 2.78. The topological polar surface area (TPSA) is 58.6 Å². The molecule has 6 heteroatoms. The van der Waals surface area contributed by atoms with Crippen LogP contribution in [0.5, 0.6) is 5.75 Å². The minimum atomic E-state index is -0.629. The zero-order valence-corrected chi connectivity index (χ0v) is 17.5. The maximum atomic E-state index is 13.2. The number of ether oxygens (including phenoxy) is 1. The highest BCUT2D eigenvalue weighted by atomic mass is 19.1. The molecule has 1 unspecified atom stereocenters. The summed E-state index contributed by atoms with van der Waals surface area (Å²) in [7, 11) is 0. The van der Waals surface area contributed by atoms with Gasteiger partial charge in [-0.15, -0.1) is 0 Å². The lowest BCUT2D eigenvalue weighted by atomic mass is 10.1. The number of nitrogens with zero attached hydrogens (tertiary/aromatic N) is 1. The zero-order chi connectivity index (χ0) is 21.4. The Labute approximate surface area is 171 Å². The molecule has 0 aliphatic carbocycles. The number of carbonyl (C=O) groups excluding carboxylic acids is 2. The standard InChI is InChI=1S/C23H29FN2O3/c1-5-21(23(28)25-6-2)26(14-18-8-10-19(24)11-9-18)22(27)15-29-20-12-7-16(3)17(4)13-20/h7-13,21H,5-6,14-15H2,1-4H3,(H,25,28). The van der Waals surface area contributed by atoms with E-state index in [0.29, 0.717) is 18.7 Å². The molecule has 0 aliphatic heterocycles. The Morgan fingerprint density at radius 2 is 1.76 bits per heavy atom. The van der Waals surface area contributed by atoms with E-state index in [1.807, 2.05) is 45.9 Å². The second-order valence-corrected chi connectivity index (χ2v) is 7.00. The summed E-state index contributed by atoms with van der Waals surface area (Å²) in [6.07, 6.45) is 0.461. The van der Waals surface area contributed by atoms with Gasteiger partial charge in [-0.25, -0.2) is 4.39 Å². The Balaban J connectivity index is 2.19. The van der Waals surface area contributed by atoms with Gasteiger partial charge in [-0.05, 0) is 68.1 Å². The van der Waals surface area contributed by atoms with Crippen molar-refractivity contribution in [2.75, 3.05) is 13.2 Å². The van der Waals surface area contributed by atoms with Gasteiger partial charge in [0.15, 0.2) is 6.61 Å². The van der Waals surface area contributed by atoms with Gasteiger partial charge in [0.1, 0.15) is 17.6 Å². The summed E-state index contributed by atoms with van der Waals surface area (Å²) in [4.78, 5) is 27.0. The number of rotatable bonds is 9. The minimum absolute atomic E-state index is 0.181. The van der Waals surface area contributed by atoms with Gasteiger partial charge < -0.3 is 15.0 Å². The summed E-state index contributed by atoms with van der Waals surface area (Å²) in [6.45, 7) is 8.17. The zero-order valence-electron chi connectivity index (χ0n) is 17.5. The molecule has 0 fully saturated rings. The normalized spacial score (nSPS) is 11.6. The van der Waals surface area contributed by atoms with E-state index in [0.717, 1.165) is 16.7 Å². The van der Waals surface area contributed by atoms with Gasteiger partial charge in [0, 0.05) is 13.1 Å². The molecule has 2 aromatic carbocycles. The van der Waals surface area contributed by atoms with Crippen molar-refractivity contribution in [3.05, 3.63) is 65.0 Å². The fourth-order valence-electron chi connectivity index (χ4n) is 3.03. The van der Waals surface area contributed by atoms with E-state index < -0.39 is 6.04 Å². The molecule has 1 N–H and O–H groups in total. The van der Waals surface area contributed by atoms with Gasteiger partial charge in [-0.1, -0.05) is 25.1 Å². The molecule has 0 aromatic heterocycles. The molecule has 0 radical (unpaired) electrons. The van der Waals surface area contributed by atoms with E-state index >= 15 is 0 Å². The van der Waals surface area contributed by atoms with Gasteiger partial charge in [-0.3, -0.25) is 9.59 Å². The number of carbonyl (C=O) groups is 2. The Morgan fingerprint density at radius 3 is 2.34 bits per heavy atom. The lowest BCUT2D eigenvalue weighted by Crippen LogP contribution is -2.50. The van der Waals surface area contributed by atoms with Crippen molar-refractivity contribution in [3.63, 3.8) is 0 Å². The molecule has 0 bridgehead atoms. The maximum Gasteiger partial charge on any atom is 0.261 e. The summed E-state index contributed by atoms with van der Waals surface area (Å²) in [6, 6.07) is 10.9. The number of hydrogen-bond donors (Lipinski definition) is 1. The van der Waals surface area contributed by atoms with Gasteiger partial charge in [-0.2, -0.15) is 0 Å². The Kier molecular flexibility index (Phi) is 8.19. The van der Waals surface area contributed by atoms with Crippen molar-refractivity contribution in [3.8, 4) is 5.75 Å². The monoisotopic (exact) mass is 400 g/mol. The molecule has 2 aromatic rings. The second kappa shape index (κ2) is 10.6. The smallest absolute Gasteiger partial charge is 0.261 e.